The monoisotopic (exact) mass is 239 g/mol. The molecular weight excluding hydrogens is 227 g/mol. The van der Waals surface area contributed by atoms with Crippen molar-refractivity contribution in [3.8, 4) is 0 Å². The maximum atomic E-state index is 11.9. The van der Waals surface area contributed by atoms with E-state index in [0.29, 0.717) is 0 Å². The smallest absolute Gasteiger partial charge is 0.390 e. The van der Waals surface area contributed by atoms with E-state index in [4.69, 9.17) is 5.11 Å². The number of amides is 1. The van der Waals surface area contributed by atoms with Gasteiger partial charge in [0.05, 0.1) is 6.42 Å². The van der Waals surface area contributed by atoms with Crippen molar-refractivity contribution in [2.45, 2.75) is 25.4 Å². The molecule has 0 aliphatic heterocycles. The first-order valence-corrected chi connectivity index (χ1v) is 4.75. The molecule has 1 amide bonds. The lowest BCUT2D eigenvalue weighted by Gasteiger charge is -2.21. The summed E-state index contributed by atoms with van der Waals surface area (Å²) in [6.45, 7) is -0.503. The van der Waals surface area contributed by atoms with Gasteiger partial charge in [0.1, 0.15) is 5.41 Å². The van der Waals surface area contributed by atoms with Crippen LogP contribution in [0.25, 0.3) is 0 Å². The van der Waals surface area contributed by atoms with E-state index < -0.39 is 36.4 Å². The molecule has 92 valence electrons. The van der Waals surface area contributed by atoms with Gasteiger partial charge in [-0.2, -0.15) is 13.2 Å². The fourth-order valence-corrected chi connectivity index (χ4v) is 1.41. The maximum absolute atomic E-state index is 11.9. The zero-order chi connectivity index (χ0) is 12.6. The minimum Gasteiger partial charge on any atom is -0.480 e. The Labute approximate surface area is 90.0 Å². The molecule has 1 rings (SSSR count). The highest BCUT2D eigenvalue weighted by Gasteiger charge is 2.58. The van der Waals surface area contributed by atoms with Crippen molar-refractivity contribution in [1.29, 1.82) is 0 Å². The minimum absolute atomic E-state index is 0.206. The Kier molecular flexibility index (Phi) is 3.16. The molecule has 4 nitrogen and oxygen atoms in total. The summed E-state index contributed by atoms with van der Waals surface area (Å²) in [5.41, 5.74) is -1.46. The molecule has 16 heavy (non-hydrogen) atoms. The van der Waals surface area contributed by atoms with E-state index in [2.05, 4.69) is 0 Å². The Balaban J connectivity index is 2.52. The third kappa shape index (κ3) is 2.65. The van der Waals surface area contributed by atoms with Crippen molar-refractivity contribution in [3.63, 3.8) is 0 Å². The first-order chi connectivity index (χ1) is 7.19. The van der Waals surface area contributed by atoms with Crippen LogP contribution in [0.15, 0.2) is 0 Å². The highest BCUT2D eigenvalue weighted by atomic mass is 19.4. The molecule has 1 aliphatic rings. The number of carboxylic acids is 1. The summed E-state index contributed by atoms with van der Waals surface area (Å²) in [5, 5.41) is 8.78. The standard InChI is InChI=1S/C9H12F3NO3/c1-13(5-4-9(10,11)12)6(14)8(2-3-8)7(15)16/h2-5H2,1H3,(H,15,16). The zero-order valence-electron chi connectivity index (χ0n) is 8.67. The Bertz CT molecular complexity index is 310. The summed E-state index contributed by atoms with van der Waals surface area (Å²) in [6.07, 6.45) is -5.05. The Morgan fingerprint density at radius 2 is 1.88 bits per heavy atom. The topological polar surface area (TPSA) is 57.6 Å². The fourth-order valence-electron chi connectivity index (χ4n) is 1.41. The second kappa shape index (κ2) is 3.95. The first-order valence-electron chi connectivity index (χ1n) is 4.75. The van der Waals surface area contributed by atoms with E-state index in [9.17, 15) is 22.8 Å². The van der Waals surface area contributed by atoms with Crippen molar-refractivity contribution in [2.24, 2.45) is 5.41 Å². The van der Waals surface area contributed by atoms with E-state index in [0.717, 1.165) is 4.90 Å². The molecule has 0 unspecified atom stereocenters. The highest BCUT2D eigenvalue weighted by Crippen LogP contribution is 2.47. The van der Waals surface area contributed by atoms with Crippen molar-refractivity contribution in [3.05, 3.63) is 0 Å². The van der Waals surface area contributed by atoms with Crippen LogP contribution in [0.1, 0.15) is 19.3 Å². The summed E-state index contributed by atoms with van der Waals surface area (Å²) in [7, 11) is 1.19. The van der Waals surface area contributed by atoms with Gasteiger partial charge in [0.2, 0.25) is 5.91 Å². The Hall–Kier alpha value is -1.27. The number of halogens is 3. The first kappa shape index (κ1) is 12.8. The average molecular weight is 239 g/mol. The van der Waals surface area contributed by atoms with Crippen LogP contribution < -0.4 is 0 Å². The molecule has 0 aromatic heterocycles. The number of hydrogen-bond donors (Lipinski definition) is 1. The van der Waals surface area contributed by atoms with Crippen LogP contribution in [0.4, 0.5) is 13.2 Å². The lowest BCUT2D eigenvalue weighted by molar-refractivity contribution is -0.155. The average Bonchev–Trinajstić information content (AvgIpc) is 2.92. The molecule has 0 aromatic rings. The number of nitrogens with zero attached hydrogens (tertiary/aromatic N) is 1. The van der Waals surface area contributed by atoms with Gasteiger partial charge in [-0.3, -0.25) is 9.59 Å². The van der Waals surface area contributed by atoms with E-state index in [-0.39, 0.29) is 12.8 Å². The molecule has 7 heteroatoms. The number of alkyl halides is 3. The quantitative estimate of drug-likeness (QED) is 0.751. The molecule has 0 spiro atoms. The number of carbonyl (C=O) groups excluding carboxylic acids is 1. The van der Waals surface area contributed by atoms with Crippen LogP contribution in [-0.4, -0.2) is 41.7 Å². The van der Waals surface area contributed by atoms with Crippen molar-refractivity contribution in [1.82, 2.24) is 4.90 Å². The molecule has 1 aliphatic carbocycles. The molecular formula is C9H12F3NO3. The lowest BCUT2D eigenvalue weighted by Crippen LogP contribution is -2.40. The van der Waals surface area contributed by atoms with Crippen LogP contribution >= 0.6 is 0 Å². The van der Waals surface area contributed by atoms with Crippen LogP contribution in [0.5, 0.6) is 0 Å². The van der Waals surface area contributed by atoms with Gasteiger partial charge in [-0.05, 0) is 12.8 Å². The second-order valence-electron chi connectivity index (χ2n) is 3.98. The molecule has 0 aromatic carbocycles. The highest BCUT2D eigenvalue weighted by molar-refractivity contribution is 6.04. The summed E-state index contributed by atoms with van der Waals surface area (Å²) in [6, 6.07) is 0. The maximum Gasteiger partial charge on any atom is 0.390 e. The van der Waals surface area contributed by atoms with E-state index >= 15 is 0 Å². The van der Waals surface area contributed by atoms with Gasteiger partial charge in [0, 0.05) is 13.6 Å². The molecule has 0 saturated heterocycles. The summed E-state index contributed by atoms with van der Waals surface area (Å²) < 4.78 is 35.7. The van der Waals surface area contributed by atoms with Crippen LogP contribution in [-0.2, 0) is 9.59 Å². The zero-order valence-corrected chi connectivity index (χ0v) is 8.67. The third-order valence-electron chi connectivity index (χ3n) is 2.65. The van der Waals surface area contributed by atoms with E-state index in [1.807, 2.05) is 0 Å². The van der Waals surface area contributed by atoms with Crippen LogP contribution in [0.3, 0.4) is 0 Å². The summed E-state index contributed by atoms with van der Waals surface area (Å²) in [5.74, 6) is -1.99. The fraction of sp³-hybridized carbons (Fsp3) is 0.778. The second-order valence-corrected chi connectivity index (χ2v) is 3.98. The molecule has 0 heterocycles. The van der Waals surface area contributed by atoms with Crippen molar-refractivity contribution in [2.75, 3.05) is 13.6 Å². The SMILES string of the molecule is CN(CCC(F)(F)F)C(=O)C1(C(=O)O)CC1. The number of hydrogen-bond acceptors (Lipinski definition) is 2. The van der Waals surface area contributed by atoms with Crippen molar-refractivity contribution < 1.29 is 27.9 Å². The number of carbonyl (C=O) groups is 2. The summed E-state index contributed by atoms with van der Waals surface area (Å²) in [4.78, 5) is 23.2. The van der Waals surface area contributed by atoms with Gasteiger partial charge in [-0.15, -0.1) is 0 Å². The molecule has 1 saturated carbocycles. The molecule has 0 radical (unpaired) electrons. The number of aliphatic carboxylic acids is 1. The minimum atomic E-state index is -4.34. The predicted molar refractivity (Wildman–Crippen MR) is 47.6 cm³/mol. The molecule has 1 fully saturated rings. The molecule has 0 bridgehead atoms. The van der Waals surface area contributed by atoms with Gasteiger partial charge in [0.25, 0.3) is 0 Å². The predicted octanol–water partition coefficient (Wildman–Crippen LogP) is 1.26. The largest absolute Gasteiger partial charge is 0.480 e. The van der Waals surface area contributed by atoms with Gasteiger partial charge in [0.15, 0.2) is 0 Å². The van der Waals surface area contributed by atoms with Crippen molar-refractivity contribution >= 4 is 11.9 Å². The number of carboxylic acid groups (broad SMARTS) is 1. The molecule has 1 N–H and O–H groups in total. The van der Waals surface area contributed by atoms with E-state index in [1.54, 1.807) is 0 Å². The number of rotatable bonds is 4. The Morgan fingerprint density at radius 3 is 2.19 bits per heavy atom. The Morgan fingerprint density at radius 1 is 1.38 bits per heavy atom. The van der Waals surface area contributed by atoms with Gasteiger partial charge in [-0.1, -0.05) is 0 Å². The third-order valence-corrected chi connectivity index (χ3v) is 2.65. The van der Waals surface area contributed by atoms with E-state index in [1.165, 1.54) is 7.05 Å². The van der Waals surface area contributed by atoms with Gasteiger partial charge in [-0.25, -0.2) is 0 Å². The van der Waals surface area contributed by atoms with Crippen LogP contribution in [0.2, 0.25) is 0 Å². The van der Waals surface area contributed by atoms with Gasteiger partial charge >= 0.3 is 12.1 Å². The van der Waals surface area contributed by atoms with Crippen LogP contribution in [0, 0.1) is 5.41 Å². The van der Waals surface area contributed by atoms with Gasteiger partial charge < -0.3 is 10.0 Å². The lowest BCUT2D eigenvalue weighted by atomic mass is 10.1. The normalized spacial score (nSPS) is 18.0. The summed E-state index contributed by atoms with van der Waals surface area (Å²) >= 11 is 0. The molecule has 0 atom stereocenters.